The highest BCUT2D eigenvalue weighted by atomic mass is 15.1. The quantitative estimate of drug-likeness (QED) is 0.678. The molecular weight excluding hydrogens is 224 g/mol. The van der Waals surface area contributed by atoms with Gasteiger partial charge in [0.05, 0.1) is 6.07 Å². The number of hydrogen-bond acceptors (Lipinski definition) is 4. The van der Waals surface area contributed by atoms with Crippen molar-refractivity contribution in [1.29, 1.82) is 5.26 Å². The van der Waals surface area contributed by atoms with Crippen LogP contribution in [-0.4, -0.2) is 62.2 Å². The molecule has 0 amide bonds. The van der Waals surface area contributed by atoms with Gasteiger partial charge < -0.3 is 9.80 Å². The summed E-state index contributed by atoms with van der Waals surface area (Å²) in [6, 6.07) is 2.73. The Morgan fingerprint density at radius 2 is 1.78 bits per heavy atom. The maximum Gasteiger partial charge on any atom is 0.105 e. The Kier molecular flexibility index (Phi) is 8.17. The fraction of sp³-hybridized carbons (Fsp3) is 0.929. The van der Waals surface area contributed by atoms with Crippen LogP contribution in [0, 0.1) is 11.3 Å². The molecular formula is C14H30N4. The van der Waals surface area contributed by atoms with Crippen LogP contribution >= 0.6 is 0 Å². The van der Waals surface area contributed by atoms with Gasteiger partial charge in [-0.2, -0.15) is 5.26 Å². The molecule has 0 spiro atoms. The molecule has 0 aliphatic heterocycles. The van der Waals surface area contributed by atoms with Crippen LogP contribution in [0.4, 0.5) is 0 Å². The molecule has 0 aromatic heterocycles. The fourth-order valence-electron chi connectivity index (χ4n) is 1.98. The number of nitrogens with zero attached hydrogens (tertiary/aromatic N) is 3. The van der Waals surface area contributed by atoms with Crippen molar-refractivity contribution < 1.29 is 0 Å². The molecule has 0 aliphatic rings. The molecule has 1 N–H and O–H groups in total. The third-order valence-corrected chi connectivity index (χ3v) is 2.99. The Labute approximate surface area is 113 Å². The number of nitriles is 1. The number of nitrogens with one attached hydrogen (secondary N) is 1. The topological polar surface area (TPSA) is 42.3 Å². The Morgan fingerprint density at radius 1 is 1.17 bits per heavy atom. The first-order valence-electron chi connectivity index (χ1n) is 6.81. The van der Waals surface area contributed by atoms with Crippen LogP contribution in [0.5, 0.6) is 0 Å². The van der Waals surface area contributed by atoms with Crippen LogP contribution in [-0.2, 0) is 0 Å². The van der Waals surface area contributed by atoms with Gasteiger partial charge in [0.2, 0.25) is 0 Å². The fourth-order valence-corrected chi connectivity index (χ4v) is 1.98. The summed E-state index contributed by atoms with van der Waals surface area (Å²) in [5.41, 5.74) is -0.413. The Morgan fingerprint density at radius 3 is 2.22 bits per heavy atom. The molecule has 0 bridgehead atoms. The summed E-state index contributed by atoms with van der Waals surface area (Å²) in [6.45, 7) is 9.30. The highest BCUT2D eigenvalue weighted by Crippen LogP contribution is 2.10. The highest BCUT2D eigenvalue weighted by Gasteiger charge is 2.24. The monoisotopic (exact) mass is 254 g/mol. The van der Waals surface area contributed by atoms with Crippen molar-refractivity contribution in [3.05, 3.63) is 0 Å². The molecule has 0 fully saturated rings. The number of hydrogen-bond donors (Lipinski definition) is 1. The van der Waals surface area contributed by atoms with E-state index in [1.54, 1.807) is 0 Å². The van der Waals surface area contributed by atoms with Gasteiger partial charge in [0, 0.05) is 12.6 Å². The average molecular weight is 254 g/mol. The predicted molar refractivity (Wildman–Crippen MR) is 77.6 cm³/mol. The molecule has 4 heteroatoms. The minimum Gasteiger partial charge on any atom is -0.309 e. The summed E-state index contributed by atoms with van der Waals surface area (Å²) in [5, 5.41) is 12.6. The van der Waals surface area contributed by atoms with Crippen LogP contribution in [0.1, 0.15) is 33.6 Å². The molecule has 18 heavy (non-hydrogen) atoms. The first-order valence-corrected chi connectivity index (χ1v) is 6.81. The molecule has 0 rings (SSSR count). The van der Waals surface area contributed by atoms with Gasteiger partial charge in [0.25, 0.3) is 0 Å². The lowest BCUT2D eigenvalue weighted by molar-refractivity contribution is 0.265. The third-order valence-electron chi connectivity index (χ3n) is 2.99. The second-order valence-corrected chi connectivity index (χ2v) is 5.95. The third kappa shape index (κ3) is 8.46. The van der Waals surface area contributed by atoms with E-state index in [2.05, 4.69) is 56.2 Å². The zero-order chi connectivity index (χ0) is 14.2. The SMILES string of the molecule is CC(C)NC(C)(C#N)CCN(C)CCCN(C)C. The van der Waals surface area contributed by atoms with E-state index < -0.39 is 5.54 Å². The molecule has 0 aromatic rings. The van der Waals surface area contributed by atoms with Gasteiger partial charge in [0.15, 0.2) is 0 Å². The molecule has 0 heterocycles. The second kappa shape index (κ2) is 8.47. The largest absolute Gasteiger partial charge is 0.309 e. The van der Waals surface area contributed by atoms with E-state index in [0.717, 1.165) is 26.1 Å². The highest BCUT2D eigenvalue weighted by molar-refractivity contribution is 5.04. The summed E-state index contributed by atoms with van der Waals surface area (Å²) in [5.74, 6) is 0. The van der Waals surface area contributed by atoms with E-state index in [4.69, 9.17) is 0 Å². The van der Waals surface area contributed by atoms with E-state index in [1.165, 1.54) is 6.42 Å². The first kappa shape index (κ1) is 17.4. The molecule has 0 radical (unpaired) electrons. The van der Waals surface area contributed by atoms with Crippen LogP contribution in [0.2, 0.25) is 0 Å². The van der Waals surface area contributed by atoms with E-state index in [0.29, 0.717) is 6.04 Å². The van der Waals surface area contributed by atoms with Crippen LogP contribution in [0.15, 0.2) is 0 Å². The van der Waals surface area contributed by atoms with Crippen molar-refractivity contribution in [2.75, 3.05) is 40.8 Å². The summed E-state index contributed by atoms with van der Waals surface area (Å²) >= 11 is 0. The van der Waals surface area contributed by atoms with E-state index in [1.807, 2.05) is 6.92 Å². The van der Waals surface area contributed by atoms with Gasteiger partial charge >= 0.3 is 0 Å². The van der Waals surface area contributed by atoms with E-state index in [9.17, 15) is 5.26 Å². The second-order valence-electron chi connectivity index (χ2n) is 5.95. The smallest absolute Gasteiger partial charge is 0.105 e. The van der Waals surface area contributed by atoms with Gasteiger partial charge in [-0.25, -0.2) is 0 Å². The van der Waals surface area contributed by atoms with Crippen LogP contribution in [0.3, 0.4) is 0 Å². The molecule has 0 aliphatic carbocycles. The normalized spacial score (nSPS) is 15.1. The van der Waals surface area contributed by atoms with Crippen molar-refractivity contribution in [2.45, 2.75) is 45.2 Å². The van der Waals surface area contributed by atoms with Crippen LogP contribution < -0.4 is 5.32 Å². The lowest BCUT2D eigenvalue weighted by Crippen LogP contribution is -2.46. The van der Waals surface area contributed by atoms with Gasteiger partial charge in [-0.05, 0) is 67.8 Å². The molecule has 1 unspecified atom stereocenters. The Bertz CT molecular complexity index is 257. The standard InChI is InChI=1S/C14H30N4/c1-13(2)16-14(3,12-15)8-11-18(6)10-7-9-17(4)5/h13,16H,7-11H2,1-6H3. The zero-order valence-electron chi connectivity index (χ0n) is 13.0. The molecule has 1 atom stereocenters. The molecule has 106 valence electrons. The molecule has 0 aromatic carbocycles. The summed E-state index contributed by atoms with van der Waals surface area (Å²) in [4.78, 5) is 4.51. The lowest BCUT2D eigenvalue weighted by atomic mass is 9.98. The average Bonchev–Trinajstić information content (AvgIpc) is 2.25. The van der Waals surface area contributed by atoms with E-state index >= 15 is 0 Å². The summed E-state index contributed by atoms with van der Waals surface area (Å²) < 4.78 is 0. The Balaban J connectivity index is 3.94. The van der Waals surface area contributed by atoms with Gasteiger partial charge in [-0.3, -0.25) is 5.32 Å². The van der Waals surface area contributed by atoms with Crippen molar-refractivity contribution in [2.24, 2.45) is 0 Å². The van der Waals surface area contributed by atoms with Crippen LogP contribution in [0.25, 0.3) is 0 Å². The summed E-state index contributed by atoms with van der Waals surface area (Å²) in [6.07, 6.45) is 2.03. The van der Waals surface area contributed by atoms with Crippen molar-refractivity contribution >= 4 is 0 Å². The molecule has 0 saturated carbocycles. The first-order chi connectivity index (χ1) is 8.29. The van der Waals surface area contributed by atoms with Gasteiger partial charge in [-0.15, -0.1) is 0 Å². The predicted octanol–water partition coefficient (Wildman–Crippen LogP) is 1.54. The van der Waals surface area contributed by atoms with Crippen molar-refractivity contribution in [3.8, 4) is 6.07 Å². The van der Waals surface area contributed by atoms with E-state index in [-0.39, 0.29) is 0 Å². The maximum atomic E-state index is 9.26. The van der Waals surface area contributed by atoms with Gasteiger partial charge in [0.1, 0.15) is 5.54 Å². The van der Waals surface area contributed by atoms with Gasteiger partial charge in [-0.1, -0.05) is 0 Å². The summed E-state index contributed by atoms with van der Waals surface area (Å²) in [7, 11) is 6.32. The van der Waals surface area contributed by atoms with Crippen molar-refractivity contribution in [1.82, 2.24) is 15.1 Å². The minimum absolute atomic E-state index is 0.341. The maximum absolute atomic E-state index is 9.26. The zero-order valence-corrected chi connectivity index (χ0v) is 13.0. The Hall–Kier alpha value is -0.630. The molecule has 0 saturated heterocycles. The lowest BCUT2D eigenvalue weighted by Gasteiger charge is -2.28. The molecule has 4 nitrogen and oxygen atoms in total. The minimum atomic E-state index is -0.413. The van der Waals surface area contributed by atoms with Crippen molar-refractivity contribution in [3.63, 3.8) is 0 Å². The number of rotatable bonds is 9.